The number of fused-ring (bicyclic) bond motifs is 1. The van der Waals surface area contributed by atoms with Gasteiger partial charge in [-0.15, -0.1) is 0 Å². The monoisotopic (exact) mass is 320 g/mol. The Morgan fingerprint density at radius 2 is 1.92 bits per heavy atom. The topological polar surface area (TPSA) is 62.2 Å². The van der Waals surface area contributed by atoms with Gasteiger partial charge in [0.2, 0.25) is 5.91 Å². The van der Waals surface area contributed by atoms with Gasteiger partial charge in [-0.25, -0.2) is 0 Å². The molecule has 4 nitrogen and oxygen atoms in total. The van der Waals surface area contributed by atoms with Crippen molar-refractivity contribution in [1.29, 1.82) is 0 Å². The number of aromatic nitrogens is 1. The number of benzene rings is 2. The molecule has 2 N–H and O–H groups in total. The Hall–Kier alpha value is -2.72. The fourth-order valence-electron chi connectivity index (χ4n) is 2.64. The zero-order valence-corrected chi connectivity index (χ0v) is 13.4. The summed E-state index contributed by atoms with van der Waals surface area (Å²) in [4.78, 5) is 16.0. The molecule has 24 heavy (non-hydrogen) atoms. The Kier molecular flexibility index (Phi) is 5.18. The van der Waals surface area contributed by atoms with Gasteiger partial charge in [0.1, 0.15) is 0 Å². The lowest BCUT2D eigenvalue weighted by molar-refractivity contribution is -0.121. The number of aliphatic hydroxyl groups is 1. The molecule has 122 valence electrons. The van der Waals surface area contributed by atoms with E-state index >= 15 is 0 Å². The number of carbonyl (C=O) groups is 1. The van der Waals surface area contributed by atoms with Crippen molar-refractivity contribution in [3.63, 3.8) is 0 Å². The van der Waals surface area contributed by atoms with Crippen molar-refractivity contribution in [3.05, 3.63) is 78.1 Å². The summed E-state index contributed by atoms with van der Waals surface area (Å²) >= 11 is 0. The smallest absolute Gasteiger partial charge is 0.220 e. The first-order valence-corrected chi connectivity index (χ1v) is 8.05. The van der Waals surface area contributed by atoms with Crippen LogP contribution in [0.2, 0.25) is 0 Å². The molecule has 2 aromatic carbocycles. The minimum atomic E-state index is -0.711. The van der Waals surface area contributed by atoms with Crippen LogP contribution in [0.25, 0.3) is 10.8 Å². The summed E-state index contributed by atoms with van der Waals surface area (Å²) in [6, 6.07) is 17.7. The van der Waals surface area contributed by atoms with Gasteiger partial charge >= 0.3 is 0 Å². The molecule has 0 fully saturated rings. The first-order valence-electron chi connectivity index (χ1n) is 8.05. The van der Waals surface area contributed by atoms with Crippen LogP contribution in [0.15, 0.2) is 67.0 Å². The number of nitrogens with one attached hydrogen (secondary N) is 1. The van der Waals surface area contributed by atoms with Crippen LogP contribution in [-0.4, -0.2) is 22.5 Å². The van der Waals surface area contributed by atoms with E-state index in [4.69, 9.17) is 0 Å². The summed E-state index contributed by atoms with van der Waals surface area (Å²) in [5.74, 6) is -0.0707. The molecule has 0 aliphatic heterocycles. The molecular formula is C20H20N2O2. The van der Waals surface area contributed by atoms with Gasteiger partial charge in [-0.05, 0) is 40.5 Å². The molecule has 0 saturated carbocycles. The van der Waals surface area contributed by atoms with Gasteiger partial charge in [0.05, 0.1) is 6.10 Å². The Morgan fingerprint density at radius 1 is 1.08 bits per heavy atom. The van der Waals surface area contributed by atoms with E-state index in [9.17, 15) is 9.90 Å². The van der Waals surface area contributed by atoms with Crippen LogP contribution in [0.3, 0.4) is 0 Å². The second kappa shape index (κ2) is 7.70. The third-order valence-corrected chi connectivity index (χ3v) is 4.01. The zero-order chi connectivity index (χ0) is 16.8. The Balaban J connectivity index is 1.52. The number of aryl methyl sites for hydroxylation is 1. The minimum absolute atomic E-state index is 0.0707. The molecule has 1 aromatic heterocycles. The second-order valence-corrected chi connectivity index (χ2v) is 5.79. The molecule has 1 heterocycles. The van der Waals surface area contributed by atoms with Crippen molar-refractivity contribution >= 4 is 16.7 Å². The first kappa shape index (κ1) is 16.1. The molecule has 3 aromatic rings. The van der Waals surface area contributed by atoms with Gasteiger partial charge in [-0.2, -0.15) is 0 Å². The molecule has 4 heteroatoms. The number of rotatable bonds is 6. The van der Waals surface area contributed by atoms with Gasteiger partial charge in [0.25, 0.3) is 0 Å². The van der Waals surface area contributed by atoms with E-state index in [1.807, 2.05) is 54.6 Å². The maximum atomic E-state index is 11.9. The van der Waals surface area contributed by atoms with Crippen LogP contribution in [0, 0.1) is 0 Å². The van der Waals surface area contributed by atoms with Crippen molar-refractivity contribution in [2.45, 2.75) is 18.9 Å². The van der Waals surface area contributed by atoms with Crippen molar-refractivity contribution in [2.24, 2.45) is 0 Å². The zero-order valence-electron chi connectivity index (χ0n) is 13.4. The summed E-state index contributed by atoms with van der Waals surface area (Å²) in [7, 11) is 0. The third kappa shape index (κ3) is 4.18. The highest BCUT2D eigenvalue weighted by Crippen LogP contribution is 2.20. The number of nitrogens with zero attached hydrogens (tertiary/aromatic N) is 1. The van der Waals surface area contributed by atoms with E-state index in [0.29, 0.717) is 12.8 Å². The van der Waals surface area contributed by atoms with Gasteiger partial charge in [-0.3, -0.25) is 9.78 Å². The minimum Gasteiger partial charge on any atom is -0.387 e. The average Bonchev–Trinajstić information content (AvgIpc) is 2.65. The number of aliphatic hydroxyl groups excluding tert-OH is 1. The van der Waals surface area contributed by atoms with Crippen LogP contribution in [0.1, 0.15) is 23.7 Å². The van der Waals surface area contributed by atoms with E-state index in [1.165, 1.54) is 0 Å². The van der Waals surface area contributed by atoms with Gasteiger partial charge in [0, 0.05) is 25.4 Å². The molecular weight excluding hydrogens is 300 g/mol. The van der Waals surface area contributed by atoms with Crippen molar-refractivity contribution in [3.8, 4) is 0 Å². The Morgan fingerprint density at radius 3 is 2.71 bits per heavy atom. The fourth-order valence-corrected chi connectivity index (χ4v) is 2.64. The van der Waals surface area contributed by atoms with Crippen LogP contribution in [-0.2, 0) is 11.2 Å². The maximum Gasteiger partial charge on any atom is 0.220 e. The second-order valence-electron chi connectivity index (χ2n) is 5.79. The number of hydrogen-bond donors (Lipinski definition) is 2. The molecule has 1 unspecified atom stereocenters. The molecule has 0 aliphatic rings. The number of pyridine rings is 1. The fraction of sp³-hybridized carbons (Fsp3) is 0.200. The lowest BCUT2D eigenvalue weighted by atomic mass is 10.0. The molecule has 1 amide bonds. The number of hydrogen-bond acceptors (Lipinski definition) is 3. The first-order chi connectivity index (χ1) is 11.7. The van der Waals surface area contributed by atoms with Gasteiger partial charge in [0.15, 0.2) is 0 Å². The van der Waals surface area contributed by atoms with Crippen LogP contribution >= 0.6 is 0 Å². The Bertz CT molecular complexity index is 818. The normalized spacial score (nSPS) is 12.0. The predicted molar refractivity (Wildman–Crippen MR) is 94.5 cm³/mol. The highest BCUT2D eigenvalue weighted by Gasteiger charge is 2.10. The van der Waals surface area contributed by atoms with Crippen molar-refractivity contribution in [2.75, 3.05) is 6.54 Å². The van der Waals surface area contributed by atoms with Crippen LogP contribution < -0.4 is 5.32 Å². The van der Waals surface area contributed by atoms with E-state index in [0.717, 1.165) is 21.9 Å². The van der Waals surface area contributed by atoms with Crippen molar-refractivity contribution in [1.82, 2.24) is 10.3 Å². The van der Waals surface area contributed by atoms with Crippen LogP contribution in [0.4, 0.5) is 0 Å². The maximum absolute atomic E-state index is 11.9. The van der Waals surface area contributed by atoms with Crippen LogP contribution in [0.5, 0.6) is 0 Å². The molecule has 1 atom stereocenters. The van der Waals surface area contributed by atoms with Gasteiger partial charge < -0.3 is 10.4 Å². The van der Waals surface area contributed by atoms with E-state index < -0.39 is 6.10 Å². The van der Waals surface area contributed by atoms with E-state index in [1.54, 1.807) is 12.4 Å². The molecule has 0 aliphatic carbocycles. The summed E-state index contributed by atoms with van der Waals surface area (Å²) in [5, 5.41) is 15.3. The SMILES string of the molecule is O=C(CCc1cccnc1)NCC(O)c1ccc2ccccc2c1. The molecule has 0 spiro atoms. The summed E-state index contributed by atoms with van der Waals surface area (Å²) < 4.78 is 0. The molecule has 0 saturated heterocycles. The predicted octanol–water partition coefficient (Wildman–Crippen LogP) is 3.02. The van der Waals surface area contributed by atoms with E-state index in [-0.39, 0.29) is 12.5 Å². The van der Waals surface area contributed by atoms with Gasteiger partial charge in [-0.1, -0.05) is 42.5 Å². The lowest BCUT2D eigenvalue weighted by Crippen LogP contribution is -2.28. The number of carbonyl (C=O) groups excluding carboxylic acids is 1. The van der Waals surface area contributed by atoms with Crippen molar-refractivity contribution < 1.29 is 9.90 Å². The summed E-state index contributed by atoms with van der Waals surface area (Å²) in [5.41, 5.74) is 1.84. The molecule has 0 bridgehead atoms. The number of amides is 1. The Labute approximate surface area is 141 Å². The largest absolute Gasteiger partial charge is 0.387 e. The summed E-state index contributed by atoms with van der Waals surface area (Å²) in [6.45, 7) is 0.213. The highest BCUT2D eigenvalue weighted by atomic mass is 16.3. The quantitative estimate of drug-likeness (QED) is 0.734. The van der Waals surface area contributed by atoms with E-state index in [2.05, 4.69) is 10.3 Å². The third-order valence-electron chi connectivity index (χ3n) is 4.01. The molecule has 0 radical (unpaired) electrons. The standard InChI is InChI=1S/C20H20N2O2/c23-19(18-9-8-16-5-1-2-6-17(16)12-18)14-22-20(24)10-7-15-4-3-11-21-13-15/h1-6,8-9,11-13,19,23H,7,10,14H2,(H,22,24). The average molecular weight is 320 g/mol. The molecule has 3 rings (SSSR count). The summed E-state index contributed by atoms with van der Waals surface area (Å²) in [6.07, 6.45) is 3.79. The lowest BCUT2D eigenvalue weighted by Gasteiger charge is -2.13. The highest BCUT2D eigenvalue weighted by molar-refractivity contribution is 5.83.